The molecule has 10 aromatic carbocycles. The van der Waals surface area contributed by atoms with Crippen molar-refractivity contribution in [2.45, 2.75) is 26.0 Å². The molecule has 0 aliphatic rings. The van der Waals surface area contributed by atoms with Gasteiger partial charge in [-0.15, -0.1) is 35.8 Å². The fraction of sp³-hybridized carbons (Fsp3) is 0.0566. The normalized spacial score (nSPS) is 13.1. The van der Waals surface area contributed by atoms with Crippen LogP contribution in [-0.2, 0) is 50.6 Å². The van der Waals surface area contributed by atoms with E-state index < -0.39 is 75.9 Å². The Morgan fingerprint density at radius 3 is 1.55 bits per heavy atom. The Morgan fingerprint density at radius 1 is 0.429 bits per heavy atom. The van der Waals surface area contributed by atoms with Crippen molar-refractivity contribution in [2.75, 3.05) is 12.4 Å². The van der Waals surface area contributed by atoms with Gasteiger partial charge in [-0.1, -0.05) is 36.4 Å². The van der Waals surface area contributed by atoms with Gasteiger partial charge in [-0.05, 0) is 132 Å². The molecular formula is C53H37N9O17S5. The van der Waals surface area contributed by atoms with E-state index in [0.29, 0.717) is 44.7 Å². The highest BCUT2D eigenvalue weighted by Gasteiger charge is 2.24. The number of hydrogen-bond donors (Lipinski definition) is 6. The van der Waals surface area contributed by atoms with Crippen molar-refractivity contribution in [2.24, 2.45) is 30.7 Å². The predicted molar refractivity (Wildman–Crippen MR) is 306 cm³/mol. The summed E-state index contributed by atoms with van der Waals surface area (Å²) in [5, 5.41) is 49.5. The summed E-state index contributed by atoms with van der Waals surface area (Å²) in [7, 11) is -23.6. The third-order valence-corrected chi connectivity index (χ3v) is 17.3. The van der Waals surface area contributed by atoms with Crippen LogP contribution in [0.25, 0.3) is 70.6 Å². The average Bonchev–Trinajstić information content (AvgIpc) is 1.90. The molecule has 26 nitrogen and oxygen atoms in total. The second-order valence-electron chi connectivity index (χ2n) is 18.6. The second kappa shape index (κ2) is 21.2. The van der Waals surface area contributed by atoms with Crippen molar-refractivity contribution in [3.8, 4) is 17.2 Å². The molecule has 0 atom stereocenters. The molecule has 0 saturated heterocycles. The van der Waals surface area contributed by atoms with Crippen molar-refractivity contribution < 1.29 is 74.7 Å². The van der Waals surface area contributed by atoms with Crippen LogP contribution in [-0.4, -0.2) is 97.3 Å². The highest BCUT2D eigenvalue weighted by Crippen LogP contribution is 2.42. The van der Waals surface area contributed by atoms with Crippen LogP contribution in [0, 0.1) is 0 Å². The summed E-state index contributed by atoms with van der Waals surface area (Å²) in [6.07, 6.45) is 0.0684. The minimum atomic E-state index is -4.98. The Labute approximate surface area is 474 Å². The molecule has 0 radical (unpaired) electrons. The van der Waals surface area contributed by atoms with Crippen molar-refractivity contribution in [3.05, 3.63) is 152 Å². The van der Waals surface area contributed by atoms with Crippen LogP contribution < -0.4 is 4.74 Å². The molecule has 0 bridgehead atoms. The highest BCUT2D eigenvalue weighted by atomic mass is 32.2. The van der Waals surface area contributed by atoms with Crippen LogP contribution in [0.2, 0.25) is 0 Å². The zero-order valence-electron chi connectivity index (χ0n) is 42.3. The Kier molecular flexibility index (Phi) is 14.3. The number of rotatable bonds is 16. The quantitative estimate of drug-likeness (QED) is 0.0297. The lowest BCUT2D eigenvalue weighted by molar-refractivity contribution is 0.319. The molecule has 1 heterocycles. The minimum Gasteiger partial charge on any atom is -0.505 e. The number of ether oxygens (including phenoxy) is 1. The lowest BCUT2D eigenvalue weighted by atomic mass is 10.1. The third-order valence-electron chi connectivity index (χ3n) is 13.1. The van der Waals surface area contributed by atoms with Gasteiger partial charge < -0.3 is 9.84 Å². The van der Waals surface area contributed by atoms with Gasteiger partial charge in [0, 0.05) is 43.1 Å². The minimum absolute atomic E-state index is 0.0209. The number of hydrogen-bond acceptors (Lipinski definition) is 20. The molecule has 0 aliphatic carbocycles. The zero-order chi connectivity index (χ0) is 59.7. The van der Waals surface area contributed by atoms with Crippen molar-refractivity contribution in [1.29, 1.82) is 0 Å². The number of phenolic OH excluding ortho intramolecular Hbond substituents is 1. The summed E-state index contributed by atoms with van der Waals surface area (Å²) in [4.78, 5) is -1.40. The van der Waals surface area contributed by atoms with Gasteiger partial charge >= 0.3 is 0 Å². The summed E-state index contributed by atoms with van der Waals surface area (Å²) in [5.74, 6) is -0.316. The molecule has 0 aliphatic heterocycles. The Bertz CT molecular complexity index is 5330. The van der Waals surface area contributed by atoms with Gasteiger partial charge in [0.15, 0.2) is 5.75 Å². The van der Waals surface area contributed by atoms with Gasteiger partial charge in [-0.25, -0.2) is 0 Å². The van der Waals surface area contributed by atoms with Crippen molar-refractivity contribution in [1.82, 2.24) is 15.0 Å². The lowest BCUT2D eigenvalue weighted by Gasteiger charge is -2.09. The lowest BCUT2D eigenvalue weighted by Crippen LogP contribution is -2.08. The van der Waals surface area contributed by atoms with Crippen LogP contribution in [0.3, 0.4) is 0 Å². The van der Waals surface area contributed by atoms with E-state index in [-0.39, 0.29) is 90.6 Å². The predicted octanol–water partition coefficient (Wildman–Crippen LogP) is 11.8. The molecule has 31 heteroatoms. The molecule has 426 valence electrons. The Morgan fingerprint density at radius 2 is 0.952 bits per heavy atom. The number of nitrogens with zero attached hydrogens (tertiary/aromatic N) is 9. The van der Waals surface area contributed by atoms with Crippen molar-refractivity contribution in [3.63, 3.8) is 0 Å². The Balaban J connectivity index is 0.897. The largest absolute Gasteiger partial charge is 0.505 e. The summed E-state index contributed by atoms with van der Waals surface area (Å²) in [6.45, 7) is 0.0344. The second-order valence-corrected chi connectivity index (χ2v) is 25.8. The van der Waals surface area contributed by atoms with Crippen LogP contribution in [0.4, 0.5) is 34.1 Å². The number of aromatic nitrogens is 3. The van der Waals surface area contributed by atoms with Gasteiger partial charge in [0.1, 0.15) is 27.4 Å². The van der Waals surface area contributed by atoms with Gasteiger partial charge in [-0.3, -0.25) is 22.8 Å². The molecule has 6 N–H and O–H groups in total. The summed E-state index contributed by atoms with van der Waals surface area (Å²) >= 11 is 0. The number of benzene rings is 10. The standard InChI is InChI=1S/C53H37N9O17S5/c63-53-37-11-7-32(62-60-48-16-14-40-43(52(48)61-62)27-35(83(73,74)75)28-51(40)84(76,77)78)24-30(37)5-15-49(53)59-58-47-20-18-45(39-13-9-34(26-42(39)47)82(70,71)72)56-57-46-19-17-44(38-12-8-33(25-41(38)46)81(67,68)69)55-54-31-6-10-36-29(23-31)3-1-4-50(36)79-21-2-22-80(64,65)66/h1,3-20,23-28,63H,2,21-22H2,(H,64,65,66)(H,67,68,69)(H,70,71,72)(H,73,74,75)(H,76,77,78). The van der Waals surface area contributed by atoms with Crippen LogP contribution in [0.15, 0.2) is 202 Å². The number of aromatic hydroxyl groups is 1. The first-order valence-corrected chi connectivity index (χ1v) is 31.5. The first-order valence-electron chi connectivity index (χ1n) is 24.2. The number of phenols is 1. The van der Waals surface area contributed by atoms with E-state index in [1.807, 2.05) is 0 Å². The van der Waals surface area contributed by atoms with Gasteiger partial charge in [0.25, 0.3) is 50.6 Å². The van der Waals surface area contributed by atoms with E-state index in [1.54, 1.807) is 54.6 Å². The third kappa shape index (κ3) is 11.6. The monoisotopic (exact) mass is 1230 g/mol. The highest BCUT2D eigenvalue weighted by molar-refractivity contribution is 7.87. The maximum atomic E-state index is 12.4. The summed E-state index contributed by atoms with van der Waals surface area (Å²) < 4.78 is 175. The maximum Gasteiger partial charge on any atom is 0.295 e. The molecule has 0 saturated carbocycles. The van der Waals surface area contributed by atoms with Crippen LogP contribution in [0.5, 0.6) is 11.5 Å². The van der Waals surface area contributed by atoms with Gasteiger partial charge in [0.2, 0.25) is 0 Å². The van der Waals surface area contributed by atoms with Crippen LogP contribution >= 0.6 is 0 Å². The van der Waals surface area contributed by atoms with E-state index in [2.05, 4.69) is 40.9 Å². The fourth-order valence-electron chi connectivity index (χ4n) is 9.17. The topological polar surface area (TPSA) is 406 Å². The molecule has 11 rings (SSSR count). The van der Waals surface area contributed by atoms with Crippen LogP contribution in [0.1, 0.15) is 6.42 Å². The molecule has 84 heavy (non-hydrogen) atoms. The molecule has 0 fully saturated rings. The molecule has 11 aromatic rings. The Hall–Kier alpha value is -9.15. The molecule has 0 spiro atoms. The first-order chi connectivity index (χ1) is 39.7. The van der Waals surface area contributed by atoms with Crippen molar-refractivity contribution >= 4 is 150 Å². The molecule has 1 aromatic heterocycles. The maximum absolute atomic E-state index is 12.4. The zero-order valence-corrected chi connectivity index (χ0v) is 46.4. The number of fused-ring (bicyclic) bond motifs is 7. The fourth-order valence-corrected chi connectivity index (χ4v) is 12.0. The van der Waals surface area contributed by atoms with E-state index >= 15 is 0 Å². The van der Waals surface area contributed by atoms with Gasteiger partial charge in [0.05, 0.1) is 61.2 Å². The average molecular weight is 1230 g/mol. The summed E-state index contributed by atoms with van der Waals surface area (Å²) in [5.41, 5.74) is 1.46. The van der Waals surface area contributed by atoms with E-state index in [9.17, 15) is 65.4 Å². The molecule has 0 amide bonds. The molecular weight excluding hydrogens is 1190 g/mol. The smallest absolute Gasteiger partial charge is 0.295 e. The van der Waals surface area contributed by atoms with E-state index in [4.69, 9.17) is 9.29 Å². The molecule has 0 unspecified atom stereocenters. The SMILES string of the molecule is O=S(=O)(O)CCCOc1cccc2cc(N=Nc3ccc(N=Nc4ccc(N=Nc5ccc6cc(-n7nc8ccc9c(S(=O)(=O)O)cc(S(=O)(=O)O)cc9c8n7)ccc6c5O)c5cc(S(=O)(=O)O)ccc45)c4cc(S(=O)(=O)O)ccc34)ccc12. The first kappa shape index (κ1) is 56.7. The van der Waals surface area contributed by atoms with E-state index in [0.717, 1.165) is 23.0 Å². The van der Waals surface area contributed by atoms with Gasteiger partial charge in [-0.2, -0.15) is 52.0 Å². The van der Waals surface area contributed by atoms with E-state index in [1.165, 1.54) is 72.8 Å². The number of azo groups is 3. The summed E-state index contributed by atoms with van der Waals surface area (Å²) in [6, 6.07) is 35.6.